The summed E-state index contributed by atoms with van der Waals surface area (Å²) in [5.41, 5.74) is 0.965. The zero-order chi connectivity index (χ0) is 15.6. The van der Waals surface area contributed by atoms with Gasteiger partial charge in [-0.15, -0.1) is 0 Å². The van der Waals surface area contributed by atoms with Gasteiger partial charge in [0.1, 0.15) is 5.75 Å². The first-order valence-corrected chi connectivity index (χ1v) is 8.08. The van der Waals surface area contributed by atoms with Crippen LogP contribution in [-0.4, -0.2) is 21.2 Å². The molecule has 1 aromatic rings. The predicted molar refractivity (Wildman–Crippen MR) is 69.7 cm³/mol. The first-order valence-electron chi connectivity index (χ1n) is 5.77. The number of halogens is 4. The largest absolute Gasteiger partial charge is 0.493 e. The molecular weight excluding hydrogens is 317 g/mol. The van der Waals surface area contributed by atoms with Crippen molar-refractivity contribution in [2.75, 3.05) is 6.61 Å². The van der Waals surface area contributed by atoms with Gasteiger partial charge in [-0.25, -0.2) is 8.42 Å². The zero-order valence-electron chi connectivity index (χ0n) is 10.9. The van der Waals surface area contributed by atoms with Gasteiger partial charge >= 0.3 is 6.18 Å². The van der Waals surface area contributed by atoms with E-state index in [1.807, 2.05) is 0 Å². The second-order valence-electron chi connectivity index (χ2n) is 4.32. The van der Waals surface area contributed by atoms with Crippen molar-refractivity contribution >= 4 is 19.7 Å². The fourth-order valence-electron chi connectivity index (χ4n) is 1.65. The standard InChI is InChI=1S/C12H14ClF3O3S/c1-8-9(2)11(20(13,17)18)5-4-10(8)19-7-3-6-12(14,15)16/h4-5H,3,6-7H2,1-2H3. The third kappa shape index (κ3) is 4.86. The molecule has 0 saturated carbocycles. The highest BCUT2D eigenvalue weighted by molar-refractivity contribution is 8.13. The van der Waals surface area contributed by atoms with Crippen molar-refractivity contribution in [2.45, 2.75) is 37.8 Å². The molecule has 8 heteroatoms. The van der Waals surface area contributed by atoms with Gasteiger partial charge in [-0.1, -0.05) is 0 Å². The molecule has 114 valence electrons. The van der Waals surface area contributed by atoms with Crippen LogP contribution in [-0.2, 0) is 9.05 Å². The molecule has 0 fully saturated rings. The van der Waals surface area contributed by atoms with Crippen LogP contribution >= 0.6 is 10.7 Å². The molecular formula is C12H14ClF3O3S. The molecule has 1 aromatic carbocycles. The summed E-state index contributed by atoms with van der Waals surface area (Å²) in [7, 11) is 1.42. The summed E-state index contributed by atoms with van der Waals surface area (Å²) in [5, 5.41) is 0. The summed E-state index contributed by atoms with van der Waals surface area (Å²) in [6.07, 6.45) is -5.28. The van der Waals surface area contributed by atoms with E-state index in [0.29, 0.717) is 16.9 Å². The topological polar surface area (TPSA) is 43.4 Å². The molecule has 0 radical (unpaired) electrons. The van der Waals surface area contributed by atoms with Crippen LogP contribution < -0.4 is 4.74 Å². The summed E-state index contributed by atoms with van der Waals surface area (Å²) >= 11 is 0. The smallest absolute Gasteiger partial charge is 0.389 e. The number of ether oxygens (including phenoxy) is 1. The van der Waals surface area contributed by atoms with Gasteiger partial charge in [-0.3, -0.25) is 0 Å². The normalized spacial score (nSPS) is 12.5. The minimum atomic E-state index is -4.20. The van der Waals surface area contributed by atoms with E-state index in [4.69, 9.17) is 15.4 Å². The molecule has 0 spiro atoms. The van der Waals surface area contributed by atoms with Crippen LogP contribution in [0.4, 0.5) is 13.2 Å². The SMILES string of the molecule is Cc1c(OCCCC(F)(F)F)ccc(S(=O)(=O)Cl)c1C. The molecule has 0 unspecified atom stereocenters. The van der Waals surface area contributed by atoms with E-state index in [0.717, 1.165) is 0 Å². The Morgan fingerprint density at radius 3 is 2.30 bits per heavy atom. The Morgan fingerprint density at radius 2 is 1.80 bits per heavy atom. The van der Waals surface area contributed by atoms with Gasteiger partial charge in [0.05, 0.1) is 11.5 Å². The molecule has 0 N–H and O–H groups in total. The summed E-state index contributed by atoms with van der Waals surface area (Å²) < 4.78 is 63.7. The lowest BCUT2D eigenvalue weighted by atomic mass is 10.1. The third-order valence-corrected chi connectivity index (χ3v) is 4.28. The highest BCUT2D eigenvalue weighted by Gasteiger charge is 2.26. The molecule has 0 aromatic heterocycles. The van der Waals surface area contributed by atoms with Crippen molar-refractivity contribution in [2.24, 2.45) is 0 Å². The Bertz CT molecular complexity index is 582. The van der Waals surface area contributed by atoms with Crippen LogP contribution in [0.1, 0.15) is 24.0 Å². The Balaban J connectivity index is 2.77. The van der Waals surface area contributed by atoms with Crippen LogP contribution in [0.2, 0.25) is 0 Å². The molecule has 0 heterocycles. The van der Waals surface area contributed by atoms with E-state index in [2.05, 4.69) is 0 Å². The molecule has 0 aliphatic heterocycles. The Hall–Kier alpha value is -0.950. The predicted octanol–water partition coefficient (Wildman–Crippen LogP) is 3.95. The van der Waals surface area contributed by atoms with E-state index in [1.165, 1.54) is 12.1 Å². The second kappa shape index (κ2) is 6.22. The monoisotopic (exact) mass is 330 g/mol. The Kier molecular flexibility index (Phi) is 5.32. The van der Waals surface area contributed by atoms with E-state index in [9.17, 15) is 21.6 Å². The van der Waals surface area contributed by atoms with Crippen molar-refractivity contribution < 1.29 is 26.3 Å². The third-order valence-electron chi connectivity index (χ3n) is 2.81. The average Bonchev–Trinajstić information content (AvgIpc) is 2.26. The molecule has 0 saturated heterocycles. The van der Waals surface area contributed by atoms with Crippen LogP contribution in [0.25, 0.3) is 0 Å². The van der Waals surface area contributed by atoms with Gasteiger partial charge in [0, 0.05) is 17.1 Å². The fourth-order valence-corrected chi connectivity index (χ4v) is 2.90. The van der Waals surface area contributed by atoms with Crippen molar-refractivity contribution in [3.8, 4) is 5.75 Å². The fraction of sp³-hybridized carbons (Fsp3) is 0.500. The highest BCUT2D eigenvalue weighted by Crippen LogP contribution is 2.29. The molecule has 20 heavy (non-hydrogen) atoms. The number of rotatable bonds is 5. The number of benzene rings is 1. The van der Waals surface area contributed by atoms with Crippen molar-refractivity contribution in [3.05, 3.63) is 23.3 Å². The summed E-state index contributed by atoms with van der Waals surface area (Å²) in [4.78, 5) is -0.0284. The number of alkyl halides is 3. The van der Waals surface area contributed by atoms with Crippen molar-refractivity contribution in [1.82, 2.24) is 0 Å². The van der Waals surface area contributed by atoms with Crippen LogP contribution in [0, 0.1) is 13.8 Å². The maximum Gasteiger partial charge on any atom is 0.389 e. The lowest BCUT2D eigenvalue weighted by Gasteiger charge is -2.13. The van der Waals surface area contributed by atoms with E-state index >= 15 is 0 Å². The molecule has 1 rings (SSSR count). The number of hydrogen-bond donors (Lipinski definition) is 0. The molecule has 0 bridgehead atoms. The zero-order valence-corrected chi connectivity index (χ0v) is 12.5. The van der Waals surface area contributed by atoms with Crippen LogP contribution in [0.5, 0.6) is 5.75 Å². The molecule has 0 aliphatic carbocycles. The number of hydrogen-bond acceptors (Lipinski definition) is 3. The summed E-state index contributed by atoms with van der Waals surface area (Å²) in [6.45, 7) is 3.10. The quantitative estimate of drug-likeness (QED) is 0.606. The van der Waals surface area contributed by atoms with Gasteiger partial charge in [-0.2, -0.15) is 13.2 Å². The Labute approximate surface area is 120 Å². The van der Waals surface area contributed by atoms with Gasteiger partial charge in [0.15, 0.2) is 0 Å². The van der Waals surface area contributed by atoms with Crippen molar-refractivity contribution in [3.63, 3.8) is 0 Å². The molecule has 0 aliphatic rings. The summed E-state index contributed by atoms with van der Waals surface area (Å²) in [5.74, 6) is 0.355. The van der Waals surface area contributed by atoms with Crippen LogP contribution in [0.15, 0.2) is 17.0 Å². The van der Waals surface area contributed by atoms with E-state index in [1.54, 1.807) is 13.8 Å². The lowest BCUT2D eigenvalue weighted by molar-refractivity contribution is -0.136. The summed E-state index contributed by atoms with van der Waals surface area (Å²) in [6, 6.07) is 2.68. The molecule has 3 nitrogen and oxygen atoms in total. The molecule has 0 atom stereocenters. The second-order valence-corrected chi connectivity index (χ2v) is 6.85. The van der Waals surface area contributed by atoms with Crippen molar-refractivity contribution in [1.29, 1.82) is 0 Å². The first-order chi connectivity index (χ1) is 9.02. The maximum absolute atomic E-state index is 12.0. The van der Waals surface area contributed by atoms with Gasteiger partial charge in [-0.05, 0) is 43.5 Å². The van der Waals surface area contributed by atoms with Gasteiger partial charge in [0.2, 0.25) is 0 Å². The van der Waals surface area contributed by atoms with Gasteiger partial charge < -0.3 is 4.74 Å². The highest BCUT2D eigenvalue weighted by atomic mass is 35.7. The van der Waals surface area contributed by atoms with Gasteiger partial charge in [0.25, 0.3) is 9.05 Å². The lowest BCUT2D eigenvalue weighted by Crippen LogP contribution is -2.10. The van der Waals surface area contributed by atoms with E-state index in [-0.39, 0.29) is 17.9 Å². The molecule has 0 amide bonds. The first kappa shape index (κ1) is 17.1. The maximum atomic E-state index is 12.0. The minimum absolute atomic E-state index is 0.0284. The van der Waals surface area contributed by atoms with Crippen LogP contribution in [0.3, 0.4) is 0 Å². The minimum Gasteiger partial charge on any atom is -0.493 e. The van der Waals surface area contributed by atoms with E-state index < -0.39 is 21.6 Å². The Morgan fingerprint density at radius 1 is 1.20 bits per heavy atom. The average molecular weight is 331 g/mol.